The number of Topliss-reactive ketones (excluding diaryl/α,β-unsaturated/α-hetero) is 1. The Hall–Kier alpha value is -1.07. The summed E-state index contributed by atoms with van der Waals surface area (Å²) in [7, 11) is 0. The fourth-order valence-corrected chi connectivity index (χ4v) is 2.97. The summed E-state index contributed by atoms with van der Waals surface area (Å²) < 4.78 is 0. The fourth-order valence-electron chi connectivity index (χ4n) is 2.02. The van der Waals surface area contributed by atoms with Crippen molar-refractivity contribution in [2.45, 2.75) is 19.4 Å². The molecule has 0 saturated carbocycles. The Bertz CT molecular complexity index is 396. The maximum Gasteiger partial charge on any atom is 0.168 e. The maximum atomic E-state index is 12.2. The van der Waals surface area contributed by atoms with E-state index in [0.717, 1.165) is 23.6 Å². The fraction of sp³-hybridized carbons (Fsp3) is 0.500. The van der Waals surface area contributed by atoms with Crippen molar-refractivity contribution in [3.63, 3.8) is 0 Å². The van der Waals surface area contributed by atoms with E-state index in [1.165, 1.54) is 0 Å². The minimum absolute atomic E-state index is 0.0908. The monoisotopic (exact) mass is 251 g/mol. The number of ketones is 1. The summed E-state index contributed by atoms with van der Waals surface area (Å²) in [6.45, 7) is 2.87. The van der Waals surface area contributed by atoms with Crippen LogP contribution in [0.1, 0.15) is 22.3 Å². The number of rotatable bonds is 3. The molecule has 2 rings (SSSR count). The molecule has 4 nitrogen and oxygen atoms in total. The summed E-state index contributed by atoms with van der Waals surface area (Å²) in [6.07, 6.45) is 2.14. The second-order valence-electron chi connectivity index (χ2n) is 4.24. The molecule has 0 amide bonds. The number of hydrogen-bond donors (Lipinski definition) is 2. The molecule has 1 aliphatic rings. The van der Waals surface area contributed by atoms with Crippen molar-refractivity contribution in [1.29, 1.82) is 0 Å². The predicted molar refractivity (Wildman–Crippen MR) is 71.4 cm³/mol. The first-order valence-corrected chi connectivity index (χ1v) is 6.89. The molecule has 1 aliphatic heterocycles. The molecule has 0 aliphatic carbocycles. The zero-order chi connectivity index (χ0) is 12.3. The molecule has 0 bridgehead atoms. The zero-order valence-electron chi connectivity index (χ0n) is 9.90. The van der Waals surface area contributed by atoms with Crippen molar-refractivity contribution < 1.29 is 4.79 Å². The van der Waals surface area contributed by atoms with Gasteiger partial charge in [0.05, 0.1) is 5.56 Å². The molecule has 1 aromatic heterocycles. The molecule has 1 aromatic rings. The molecule has 3 N–H and O–H groups in total. The van der Waals surface area contributed by atoms with Crippen molar-refractivity contribution in [3.8, 4) is 0 Å². The molecule has 2 heterocycles. The molecule has 0 aromatic carbocycles. The number of nitrogen functional groups attached to an aromatic ring is 1. The molecule has 5 heteroatoms. The summed E-state index contributed by atoms with van der Waals surface area (Å²) in [6, 6.07) is 2.09. The van der Waals surface area contributed by atoms with Gasteiger partial charge in [0.25, 0.3) is 0 Å². The quantitative estimate of drug-likeness (QED) is 0.791. The van der Waals surface area contributed by atoms with Crippen molar-refractivity contribution in [1.82, 2.24) is 10.3 Å². The number of nitrogens with two attached hydrogens (primary N) is 1. The third kappa shape index (κ3) is 2.98. The number of pyridine rings is 1. The van der Waals surface area contributed by atoms with Crippen molar-refractivity contribution in [2.75, 3.05) is 23.8 Å². The lowest BCUT2D eigenvalue weighted by atomic mass is 10.0. The van der Waals surface area contributed by atoms with E-state index in [-0.39, 0.29) is 11.8 Å². The highest BCUT2D eigenvalue weighted by atomic mass is 32.2. The highest BCUT2D eigenvalue weighted by molar-refractivity contribution is 7.99. The molecule has 1 unspecified atom stereocenters. The molecule has 1 fully saturated rings. The minimum Gasteiger partial charge on any atom is -0.383 e. The topological polar surface area (TPSA) is 68.0 Å². The first-order valence-electron chi connectivity index (χ1n) is 5.74. The number of nitrogens with zero attached hydrogens (tertiary/aromatic N) is 1. The van der Waals surface area contributed by atoms with Gasteiger partial charge in [0.15, 0.2) is 5.78 Å². The maximum absolute atomic E-state index is 12.2. The number of anilines is 1. The number of nitrogens with one attached hydrogen (secondary N) is 1. The van der Waals surface area contributed by atoms with Gasteiger partial charge in [0.1, 0.15) is 5.82 Å². The third-order valence-electron chi connectivity index (χ3n) is 2.90. The van der Waals surface area contributed by atoms with E-state index in [4.69, 9.17) is 5.73 Å². The average Bonchev–Trinajstić information content (AvgIpc) is 2.30. The van der Waals surface area contributed by atoms with Crippen LogP contribution in [-0.4, -0.2) is 34.9 Å². The Labute approximate surface area is 105 Å². The largest absolute Gasteiger partial charge is 0.383 e. The first-order chi connectivity index (χ1) is 8.18. The van der Waals surface area contributed by atoms with E-state index in [2.05, 4.69) is 10.3 Å². The van der Waals surface area contributed by atoms with E-state index in [9.17, 15) is 4.79 Å². The summed E-state index contributed by atoms with van der Waals surface area (Å²) in [5, 5.41) is 3.36. The number of hydrogen-bond acceptors (Lipinski definition) is 5. The van der Waals surface area contributed by atoms with Gasteiger partial charge >= 0.3 is 0 Å². The van der Waals surface area contributed by atoms with Crippen molar-refractivity contribution >= 4 is 23.4 Å². The predicted octanol–water partition coefficient (Wildman–Crippen LogP) is 1.25. The second-order valence-corrected chi connectivity index (χ2v) is 5.39. The Kier molecular flexibility index (Phi) is 4.02. The van der Waals surface area contributed by atoms with Crippen LogP contribution >= 0.6 is 11.8 Å². The average molecular weight is 251 g/mol. The molecule has 17 heavy (non-hydrogen) atoms. The highest BCUT2D eigenvalue weighted by Gasteiger charge is 2.20. The highest BCUT2D eigenvalue weighted by Crippen LogP contribution is 2.18. The van der Waals surface area contributed by atoms with E-state index >= 15 is 0 Å². The Morgan fingerprint density at radius 2 is 2.53 bits per heavy atom. The van der Waals surface area contributed by atoms with Gasteiger partial charge in [-0.25, -0.2) is 4.98 Å². The molecular weight excluding hydrogens is 234 g/mol. The van der Waals surface area contributed by atoms with Gasteiger partial charge in [0.2, 0.25) is 0 Å². The number of aryl methyl sites for hydroxylation is 1. The molecule has 92 valence electrons. The number of aromatic nitrogens is 1. The van der Waals surface area contributed by atoms with Gasteiger partial charge in [-0.05, 0) is 18.6 Å². The Morgan fingerprint density at radius 1 is 1.71 bits per heavy atom. The summed E-state index contributed by atoms with van der Waals surface area (Å²) in [4.78, 5) is 16.2. The summed E-state index contributed by atoms with van der Waals surface area (Å²) in [5.74, 6) is 2.55. The lowest BCUT2D eigenvalue weighted by Gasteiger charge is -2.22. The van der Waals surface area contributed by atoms with Crippen molar-refractivity contribution in [3.05, 3.63) is 23.4 Å². The van der Waals surface area contributed by atoms with Crippen LogP contribution in [0.25, 0.3) is 0 Å². The van der Waals surface area contributed by atoms with Gasteiger partial charge in [0, 0.05) is 36.7 Å². The summed E-state index contributed by atoms with van der Waals surface area (Å²) in [5.41, 5.74) is 7.27. The molecular formula is C12H17N3OS. The zero-order valence-corrected chi connectivity index (χ0v) is 10.7. The van der Waals surface area contributed by atoms with Gasteiger partial charge in [-0.2, -0.15) is 11.8 Å². The van der Waals surface area contributed by atoms with E-state index in [0.29, 0.717) is 17.8 Å². The lowest BCUT2D eigenvalue weighted by Crippen LogP contribution is -2.39. The Morgan fingerprint density at radius 3 is 3.18 bits per heavy atom. The Balaban J connectivity index is 2.08. The van der Waals surface area contributed by atoms with Crippen molar-refractivity contribution in [2.24, 2.45) is 0 Å². The normalized spacial score (nSPS) is 20.2. The minimum atomic E-state index is 0.0908. The smallest absolute Gasteiger partial charge is 0.168 e. The van der Waals surface area contributed by atoms with Crippen LogP contribution < -0.4 is 11.1 Å². The van der Waals surface area contributed by atoms with E-state index in [1.807, 2.05) is 24.8 Å². The molecule has 0 spiro atoms. The van der Waals surface area contributed by atoms with Crippen LogP contribution in [0, 0.1) is 6.92 Å². The van der Waals surface area contributed by atoms with Gasteiger partial charge in [-0.15, -0.1) is 0 Å². The first kappa shape index (κ1) is 12.4. The van der Waals surface area contributed by atoms with Crippen LogP contribution in [0.2, 0.25) is 0 Å². The van der Waals surface area contributed by atoms with Crippen LogP contribution in [0.3, 0.4) is 0 Å². The third-order valence-corrected chi connectivity index (χ3v) is 4.03. The number of carbonyl (C=O) groups excluding carboxylic acids is 1. The SMILES string of the molecule is Cc1ccnc(N)c1C(=O)CC1CSCCN1. The van der Waals surface area contributed by atoms with Crippen LogP contribution in [0.4, 0.5) is 5.82 Å². The molecule has 0 radical (unpaired) electrons. The van der Waals surface area contributed by atoms with Gasteiger partial charge < -0.3 is 11.1 Å². The van der Waals surface area contributed by atoms with Crippen LogP contribution in [0.15, 0.2) is 12.3 Å². The van der Waals surface area contributed by atoms with Crippen LogP contribution in [-0.2, 0) is 0 Å². The molecule has 1 atom stereocenters. The van der Waals surface area contributed by atoms with Crippen LogP contribution in [0.5, 0.6) is 0 Å². The van der Waals surface area contributed by atoms with E-state index < -0.39 is 0 Å². The lowest BCUT2D eigenvalue weighted by molar-refractivity contribution is 0.0972. The number of carbonyl (C=O) groups is 1. The molecule has 1 saturated heterocycles. The van der Waals surface area contributed by atoms with Gasteiger partial charge in [-0.3, -0.25) is 4.79 Å². The van der Waals surface area contributed by atoms with E-state index in [1.54, 1.807) is 6.20 Å². The second kappa shape index (κ2) is 5.51. The standard InChI is InChI=1S/C12H17N3OS/c1-8-2-3-15-12(13)11(8)10(16)6-9-7-17-5-4-14-9/h2-3,9,14H,4-7H2,1H3,(H2,13,15). The van der Waals surface area contributed by atoms with Gasteiger partial charge in [-0.1, -0.05) is 0 Å². The number of thioether (sulfide) groups is 1. The summed E-state index contributed by atoms with van der Waals surface area (Å²) >= 11 is 1.89.